The zero-order chi connectivity index (χ0) is 10.1. The van der Waals surface area contributed by atoms with Crippen molar-refractivity contribution < 1.29 is 0 Å². The second kappa shape index (κ2) is 3.20. The van der Waals surface area contributed by atoms with Gasteiger partial charge in [-0.25, -0.2) is 0 Å². The van der Waals surface area contributed by atoms with Crippen LogP contribution in [-0.2, 0) is 0 Å². The van der Waals surface area contributed by atoms with Crippen LogP contribution >= 0.6 is 0 Å². The molecule has 0 amide bonds. The molecule has 0 bridgehead atoms. The van der Waals surface area contributed by atoms with E-state index < -0.39 is 0 Å². The topological polar surface area (TPSA) is 39.9 Å². The van der Waals surface area contributed by atoms with Crippen LogP contribution in [0.25, 0.3) is 22.2 Å². The maximum atomic E-state index is 4.29. The first kappa shape index (κ1) is 8.17. The van der Waals surface area contributed by atoms with E-state index in [-0.39, 0.29) is 0 Å². The number of pyridine rings is 1. The molecular formula is C12H8N3-. The van der Waals surface area contributed by atoms with Gasteiger partial charge in [0.25, 0.3) is 0 Å². The van der Waals surface area contributed by atoms with Crippen LogP contribution in [-0.4, -0.2) is 10.1 Å². The summed E-state index contributed by atoms with van der Waals surface area (Å²) in [5.74, 6) is 0. The van der Waals surface area contributed by atoms with E-state index in [2.05, 4.69) is 27.3 Å². The van der Waals surface area contributed by atoms with Crippen molar-refractivity contribution >= 4 is 11.0 Å². The van der Waals surface area contributed by atoms with Crippen molar-refractivity contribution in [3.05, 3.63) is 48.8 Å². The molecule has 72 valence electrons. The van der Waals surface area contributed by atoms with Crippen LogP contribution in [0.2, 0.25) is 0 Å². The first-order valence-corrected chi connectivity index (χ1v) is 4.73. The molecule has 0 aliphatic heterocycles. The lowest BCUT2D eigenvalue weighted by molar-refractivity contribution is 1.09. The number of rotatable bonds is 1. The smallest absolute Gasteiger partial charge is 0.0661 e. The molecule has 2 heterocycles. The average Bonchev–Trinajstić information content (AvgIpc) is 2.77. The molecule has 3 nitrogen and oxygen atoms in total. The first-order chi connectivity index (χ1) is 7.43. The highest BCUT2D eigenvalue weighted by molar-refractivity contribution is 5.79. The second-order valence-electron chi connectivity index (χ2n) is 3.34. The summed E-state index contributed by atoms with van der Waals surface area (Å²) in [6.07, 6.45) is 3.52. The third kappa shape index (κ3) is 1.38. The molecule has 0 aliphatic rings. The Morgan fingerprint density at radius 2 is 1.80 bits per heavy atom. The Morgan fingerprint density at radius 1 is 0.933 bits per heavy atom. The van der Waals surface area contributed by atoms with E-state index in [1.165, 1.54) is 0 Å². The Morgan fingerprint density at radius 3 is 2.67 bits per heavy atom. The molecule has 0 radical (unpaired) electrons. The number of fused-ring (bicyclic) bond motifs is 1. The van der Waals surface area contributed by atoms with Gasteiger partial charge in [-0.15, -0.1) is 6.20 Å². The van der Waals surface area contributed by atoms with Crippen molar-refractivity contribution in [2.24, 2.45) is 0 Å². The van der Waals surface area contributed by atoms with Crippen molar-refractivity contribution in [2.75, 3.05) is 0 Å². The van der Waals surface area contributed by atoms with Gasteiger partial charge in [0, 0.05) is 11.8 Å². The molecule has 0 saturated carbocycles. The van der Waals surface area contributed by atoms with Crippen molar-refractivity contribution in [1.29, 1.82) is 0 Å². The minimum Gasteiger partial charge on any atom is -0.579 e. The van der Waals surface area contributed by atoms with E-state index in [4.69, 9.17) is 0 Å². The lowest BCUT2D eigenvalue weighted by Gasteiger charge is -2.00. The lowest BCUT2D eigenvalue weighted by atomic mass is 10.1. The summed E-state index contributed by atoms with van der Waals surface area (Å²) >= 11 is 0. The molecule has 0 unspecified atom stereocenters. The predicted molar refractivity (Wildman–Crippen MR) is 58.3 cm³/mol. The fourth-order valence-electron chi connectivity index (χ4n) is 1.58. The van der Waals surface area contributed by atoms with Gasteiger partial charge < -0.3 is 10.2 Å². The summed E-state index contributed by atoms with van der Waals surface area (Å²) in [5, 5.41) is 7.82. The van der Waals surface area contributed by atoms with Gasteiger partial charge in [0.2, 0.25) is 0 Å². The highest BCUT2D eigenvalue weighted by Gasteiger charge is 1.98. The minimum atomic E-state index is 0.842. The zero-order valence-corrected chi connectivity index (χ0v) is 7.96. The van der Waals surface area contributed by atoms with E-state index in [1.54, 1.807) is 6.20 Å². The zero-order valence-electron chi connectivity index (χ0n) is 7.96. The van der Waals surface area contributed by atoms with Gasteiger partial charge in [0.15, 0.2) is 0 Å². The Labute approximate surface area is 86.8 Å². The van der Waals surface area contributed by atoms with Crippen LogP contribution < -0.4 is 5.10 Å². The van der Waals surface area contributed by atoms with Crippen molar-refractivity contribution in [2.45, 2.75) is 0 Å². The monoisotopic (exact) mass is 194 g/mol. The predicted octanol–water partition coefficient (Wildman–Crippen LogP) is 2.25. The normalized spacial score (nSPS) is 10.7. The quantitative estimate of drug-likeness (QED) is 0.596. The fourth-order valence-corrected chi connectivity index (χ4v) is 1.58. The van der Waals surface area contributed by atoms with E-state index in [0.717, 1.165) is 22.2 Å². The fraction of sp³-hybridized carbons (Fsp3) is 0. The molecule has 0 saturated heterocycles. The highest BCUT2D eigenvalue weighted by atomic mass is 15.1. The maximum Gasteiger partial charge on any atom is 0.0661 e. The van der Waals surface area contributed by atoms with Gasteiger partial charge in [-0.3, -0.25) is 4.98 Å². The molecule has 15 heavy (non-hydrogen) atoms. The van der Waals surface area contributed by atoms with E-state index in [0.29, 0.717) is 0 Å². The van der Waals surface area contributed by atoms with Crippen LogP contribution in [0, 0.1) is 0 Å². The van der Waals surface area contributed by atoms with Crippen molar-refractivity contribution in [3.8, 4) is 11.1 Å². The molecule has 3 heteroatoms. The third-order valence-corrected chi connectivity index (χ3v) is 2.35. The van der Waals surface area contributed by atoms with Crippen LogP contribution in [0.3, 0.4) is 0 Å². The van der Waals surface area contributed by atoms with Gasteiger partial charge in [-0.05, 0) is 11.6 Å². The molecule has 2 aromatic heterocycles. The summed E-state index contributed by atoms with van der Waals surface area (Å²) in [4.78, 5) is 4.29. The largest absolute Gasteiger partial charge is 0.579 e. The van der Waals surface area contributed by atoms with Gasteiger partial charge in [0.1, 0.15) is 0 Å². The number of aromatic nitrogens is 3. The molecule has 0 N–H and O–H groups in total. The number of hydrogen-bond donors (Lipinski definition) is 0. The van der Waals surface area contributed by atoms with Crippen molar-refractivity contribution in [3.63, 3.8) is 0 Å². The first-order valence-electron chi connectivity index (χ1n) is 4.73. The summed E-state index contributed by atoms with van der Waals surface area (Å²) in [7, 11) is 0. The van der Waals surface area contributed by atoms with E-state index in [1.807, 2.05) is 30.5 Å². The molecular weight excluding hydrogens is 186 g/mol. The Hall–Kier alpha value is -2.16. The lowest BCUT2D eigenvalue weighted by Crippen LogP contribution is -1.80. The van der Waals surface area contributed by atoms with Crippen LogP contribution in [0.4, 0.5) is 0 Å². The molecule has 0 atom stereocenters. The van der Waals surface area contributed by atoms with Crippen molar-refractivity contribution in [1.82, 2.24) is 15.2 Å². The number of benzene rings is 1. The second-order valence-corrected chi connectivity index (χ2v) is 3.34. The molecule has 0 spiro atoms. The maximum absolute atomic E-state index is 4.29. The van der Waals surface area contributed by atoms with Crippen LogP contribution in [0.5, 0.6) is 0 Å². The number of nitrogens with zero attached hydrogens (tertiary/aromatic N) is 3. The average molecular weight is 194 g/mol. The minimum absolute atomic E-state index is 0.842. The van der Waals surface area contributed by atoms with Gasteiger partial charge in [0.05, 0.1) is 11.0 Å². The van der Waals surface area contributed by atoms with Gasteiger partial charge in [-0.2, -0.15) is 0 Å². The van der Waals surface area contributed by atoms with E-state index in [9.17, 15) is 0 Å². The van der Waals surface area contributed by atoms with E-state index >= 15 is 0 Å². The standard InChI is InChI=1S/C12H8N3/c1-2-4-9(5-3-1)10-6-11-12(13-7-10)8-14-15-11/h1-8H/q-1. The molecule has 3 aromatic rings. The van der Waals surface area contributed by atoms with Gasteiger partial charge in [-0.1, -0.05) is 30.3 Å². The molecule has 3 rings (SSSR count). The Balaban J connectivity index is 2.19. The van der Waals surface area contributed by atoms with Crippen LogP contribution in [0.1, 0.15) is 0 Å². The SMILES string of the molecule is c1ccc(-c2cnc3c[n-]nc3c2)cc1. The molecule has 0 fully saturated rings. The molecule has 1 aromatic carbocycles. The summed E-state index contributed by atoms with van der Waals surface area (Å²) in [5.41, 5.74) is 3.91. The summed E-state index contributed by atoms with van der Waals surface area (Å²) in [6, 6.07) is 12.1. The Bertz CT molecular complexity index is 584. The summed E-state index contributed by atoms with van der Waals surface area (Å²) in [6.45, 7) is 0. The third-order valence-electron chi connectivity index (χ3n) is 2.35. The van der Waals surface area contributed by atoms with Crippen LogP contribution in [0.15, 0.2) is 48.8 Å². The highest BCUT2D eigenvalue weighted by Crippen LogP contribution is 2.20. The molecule has 0 aliphatic carbocycles. The number of hydrogen-bond acceptors (Lipinski definition) is 2. The van der Waals surface area contributed by atoms with Gasteiger partial charge >= 0.3 is 0 Å². The Kier molecular flexibility index (Phi) is 1.75. The summed E-state index contributed by atoms with van der Waals surface area (Å²) < 4.78 is 0.